The number of ether oxygens (including phenoxy) is 2. The molecule has 0 aromatic carbocycles. The van der Waals surface area contributed by atoms with Crippen LogP contribution in [0.4, 0.5) is 0 Å². The number of hydrogen-bond donors (Lipinski definition) is 0. The van der Waals surface area contributed by atoms with E-state index in [1.165, 1.54) is 0 Å². The van der Waals surface area contributed by atoms with Crippen LogP contribution in [0.1, 0.15) is 6.92 Å². The van der Waals surface area contributed by atoms with Crippen molar-refractivity contribution in [2.45, 2.75) is 22.9 Å². The maximum atomic E-state index is 5.29. The minimum atomic E-state index is -0.0670. The van der Waals surface area contributed by atoms with Crippen molar-refractivity contribution >= 4 is 31.9 Å². The Morgan fingerprint density at radius 1 is 1.10 bits per heavy atom. The monoisotopic (exact) mass is 272 g/mol. The second-order valence-corrected chi connectivity index (χ2v) is 4.62. The fraction of sp³-hybridized carbons (Fsp3) is 1.00. The van der Waals surface area contributed by atoms with Crippen molar-refractivity contribution in [3.05, 3.63) is 0 Å². The number of hydrogen-bond acceptors (Lipinski definition) is 2. The van der Waals surface area contributed by atoms with Gasteiger partial charge in [0.2, 0.25) is 0 Å². The second-order valence-electron chi connectivity index (χ2n) is 2.27. The molecular weight excluding hydrogens is 264 g/mol. The minimum absolute atomic E-state index is 0.0670. The zero-order valence-corrected chi connectivity index (χ0v) is 8.89. The molecule has 10 heavy (non-hydrogen) atoms. The molecule has 1 heterocycles. The van der Waals surface area contributed by atoms with Crippen LogP contribution in [0.3, 0.4) is 0 Å². The number of rotatable bonds is 0. The third-order valence-corrected chi connectivity index (χ3v) is 3.89. The van der Waals surface area contributed by atoms with Gasteiger partial charge in [-0.2, -0.15) is 0 Å². The number of alkyl halides is 2. The Kier molecular flexibility index (Phi) is 3.63. The fourth-order valence-corrected chi connectivity index (χ4v) is 1.32. The summed E-state index contributed by atoms with van der Waals surface area (Å²) in [5.74, 6) is 0. The molecule has 2 atom stereocenters. The molecule has 1 rings (SSSR count). The van der Waals surface area contributed by atoms with E-state index < -0.39 is 0 Å². The van der Waals surface area contributed by atoms with Crippen LogP contribution in [-0.2, 0) is 9.47 Å². The maximum absolute atomic E-state index is 5.29. The summed E-state index contributed by atoms with van der Waals surface area (Å²) in [5.41, 5.74) is 0. The van der Waals surface area contributed by atoms with Gasteiger partial charge in [0.15, 0.2) is 6.29 Å². The molecule has 0 N–H and O–H groups in total. The molecule has 1 saturated heterocycles. The quantitative estimate of drug-likeness (QED) is 0.628. The molecule has 0 bridgehead atoms. The van der Waals surface area contributed by atoms with Gasteiger partial charge in [-0.05, 0) is 6.92 Å². The van der Waals surface area contributed by atoms with Gasteiger partial charge in [0.1, 0.15) is 0 Å². The zero-order valence-electron chi connectivity index (χ0n) is 5.72. The normalized spacial score (nSPS) is 42.9. The first-order valence-corrected chi connectivity index (χ1v) is 5.04. The van der Waals surface area contributed by atoms with Crippen molar-refractivity contribution in [1.82, 2.24) is 0 Å². The fourth-order valence-electron chi connectivity index (χ4n) is 0.712. The van der Waals surface area contributed by atoms with Gasteiger partial charge in [-0.1, -0.05) is 31.9 Å². The van der Waals surface area contributed by atoms with Gasteiger partial charge >= 0.3 is 0 Å². The predicted molar refractivity (Wildman–Crippen MR) is 46.8 cm³/mol. The van der Waals surface area contributed by atoms with Gasteiger partial charge in [-0.15, -0.1) is 0 Å². The molecule has 1 aliphatic rings. The molecule has 2 unspecified atom stereocenters. The Hall–Kier alpha value is 0.880. The predicted octanol–water partition coefficient (Wildman–Crippen LogP) is 1.91. The van der Waals surface area contributed by atoms with E-state index >= 15 is 0 Å². The molecule has 0 spiro atoms. The third kappa shape index (κ3) is 2.49. The summed E-state index contributed by atoms with van der Waals surface area (Å²) in [7, 11) is 0. The summed E-state index contributed by atoms with van der Waals surface area (Å²) in [6.45, 7) is 3.32. The van der Waals surface area contributed by atoms with Crippen LogP contribution >= 0.6 is 31.9 Å². The van der Waals surface area contributed by atoms with E-state index in [2.05, 4.69) is 31.9 Å². The molecule has 0 saturated carbocycles. The molecule has 0 aromatic rings. The van der Waals surface area contributed by atoms with E-state index in [1.807, 2.05) is 6.92 Å². The van der Waals surface area contributed by atoms with Gasteiger partial charge in [-0.25, -0.2) is 0 Å². The maximum Gasteiger partial charge on any atom is 0.154 e. The van der Waals surface area contributed by atoms with Crippen molar-refractivity contribution in [2.24, 2.45) is 0 Å². The van der Waals surface area contributed by atoms with Crippen molar-refractivity contribution in [3.63, 3.8) is 0 Å². The summed E-state index contributed by atoms with van der Waals surface area (Å²) < 4.78 is 10.6. The lowest BCUT2D eigenvalue weighted by Gasteiger charge is -2.08. The van der Waals surface area contributed by atoms with Gasteiger partial charge in [-0.3, -0.25) is 0 Å². The molecule has 4 heteroatoms. The van der Waals surface area contributed by atoms with Crippen LogP contribution in [-0.4, -0.2) is 29.2 Å². The lowest BCUT2D eigenvalue weighted by atomic mass is 10.3. The van der Waals surface area contributed by atoms with Gasteiger partial charge in [0.25, 0.3) is 0 Å². The van der Waals surface area contributed by atoms with Crippen molar-refractivity contribution in [1.29, 1.82) is 0 Å². The van der Waals surface area contributed by atoms with E-state index in [1.54, 1.807) is 0 Å². The van der Waals surface area contributed by atoms with Crippen LogP contribution in [0.5, 0.6) is 0 Å². The Labute approximate surface area is 77.5 Å². The van der Waals surface area contributed by atoms with Gasteiger partial charge in [0, 0.05) is 0 Å². The Morgan fingerprint density at radius 3 is 1.90 bits per heavy atom. The largest absolute Gasteiger partial charge is 0.352 e. The SMILES string of the molecule is CC1OCC(Br)C(Br)CO1. The molecule has 0 aliphatic carbocycles. The smallest absolute Gasteiger partial charge is 0.154 e. The van der Waals surface area contributed by atoms with Crippen molar-refractivity contribution in [3.8, 4) is 0 Å². The highest BCUT2D eigenvalue weighted by Crippen LogP contribution is 2.19. The third-order valence-electron chi connectivity index (χ3n) is 1.37. The van der Waals surface area contributed by atoms with E-state index in [0.717, 1.165) is 0 Å². The highest BCUT2D eigenvalue weighted by atomic mass is 79.9. The first-order valence-electron chi connectivity index (χ1n) is 3.21. The molecule has 0 amide bonds. The molecule has 2 nitrogen and oxygen atoms in total. The Bertz CT molecular complexity index is 97.9. The van der Waals surface area contributed by atoms with E-state index in [-0.39, 0.29) is 6.29 Å². The van der Waals surface area contributed by atoms with Gasteiger partial charge < -0.3 is 9.47 Å². The number of halogens is 2. The van der Waals surface area contributed by atoms with Crippen LogP contribution in [0.15, 0.2) is 0 Å². The van der Waals surface area contributed by atoms with Crippen molar-refractivity contribution < 1.29 is 9.47 Å². The first kappa shape index (κ1) is 8.97. The van der Waals surface area contributed by atoms with Crippen LogP contribution in [0.25, 0.3) is 0 Å². The standard InChI is InChI=1S/C6H10Br2O2/c1-4-9-2-5(7)6(8)3-10-4/h4-6H,2-3H2,1H3. The topological polar surface area (TPSA) is 18.5 Å². The molecular formula is C6H10Br2O2. The highest BCUT2D eigenvalue weighted by Gasteiger charge is 2.22. The lowest BCUT2D eigenvalue weighted by molar-refractivity contribution is -0.112. The van der Waals surface area contributed by atoms with Gasteiger partial charge in [0.05, 0.1) is 22.9 Å². The minimum Gasteiger partial charge on any atom is -0.352 e. The summed E-state index contributed by atoms with van der Waals surface area (Å²) in [5, 5.41) is 0. The molecule has 1 aliphatic heterocycles. The van der Waals surface area contributed by atoms with E-state index in [4.69, 9.17) is 9.47 Å². The molecule has 0 radical (unpaired) electrons. The van der Waals surface area contributed by atoms with Crippen molar-refractivity contribution in [2.75, 3.05) is 13.2 Å². The average Bonchev–Trinajstić information content (AvgIpc) is 2.04. The van der Waals surface area contributed by atoms with Crippen LogP contribution in [0, 0.1) is 0 Å². The van der Waals surface area contributed by atoms with Crippen LogP contribution in [0.2, 0.25) is 0 Å². The summed E-state index contributed by atoms with van der Waals surface area (Å²) in [6, 6.07) is 0. The van der Waals surface area contributed by atoms with Crippen LogP contribution < -0.4 is 0 Å². The summed E-state index contributed by atoms with van der Waals surface area (Å²) in [4.78, 5) is 0.717. The molecule has 1 fully saturated rings. The van der Waals surface area contributed by atoms with E-state index in [9.17, 15) is 0 Å². The summed E-state index contributed by atoms with van der Waals surface area (Å²) in [6.07, 6.45) is -0.0670. The highest BCUT2D eigenvalue weighted by molar-refractivity contribution is 9.12. The first-order chi connectivity index (χ1) is 4.70. The second kappa shape index (κ2) is 4.04. The van der Waals surface area contributed by atoms with E-state index in [0.29, 0.717) is 22.9 Å². The zero-order chi connectivity index (χ0) is 7.56. The average molecular weight is 274 g/mol. The summed E-state index contributed by atoms with van der Waals surface area (Å²) >= 11 is 6.96. The molecule has 60 valence electrons. The lowest BCUT2D eigenvalue weighted by Crippen LogP contribution is -2.19. The molecule has 0 aromatic heterocycles. The Morgan fingerprint density at radius 2 is 1.50 bits per heavy atom. The Balaban J connectivity index is 2.38.